The summed E-state index contributed by atoms with van der Waals surface area (Å²) < 4.78 is 16.1. The number of aliphatic hydroxyl groups is 1. The summed E-state index contributed by atoms with van der Waals surface area (Å²) in [6.45, 7) is 8.22. The molecule has 0 aliphatic heterocycles. The Kier molecular flexibility index (Phi) is 14.8. The van der Waals surface area contributed by atoms with Gasteiger partial charge in [0.15, 0.2) is 0 Å². The van der Waals surface area contributed by atoms with Gasteiger partial charge in [-0.05, 0) is 25.7 Å². The van der Waals surface area contributed by atoms with Gasteiger partial charge in [-0.25, -0.2) is 0 Å². The van der Waals surface area contributed by atoms with Crippen LogP contribution < -0.4 is 0 Å². The van der Waals surface area contributed by atoms with Crippen molar-refractivity contribution in [2.75, 3.05) is 39.6 Å². The molecule has 1 N–H and O–H groups in total. The van der Waals surface area contributed by atoms with Crippen molar-refractivity contribution in [2.24, 2.45) is 0 Å². The van der Waals surface area contributed by atoms with Crippen LogP contribution in [0.4, 0.5) is 0 Å². The van der Waals surface area contributed by atoms with Crippen LogP contribution in [0.2, 0.25) is 0 Å². The molecule has 18 heavy (non-hydrogen) atoms. The summed E-state index contributed by atoms with van der Waals surface area (Å²) >= 11 is 0. The number of unbranched alkanes of at least 4 members (excludes halogenated alkanes) is 1. The molecular formula is C14H30O4. The first-order valence-corrected chi connectivity index (χ1v) is 7.22. The van der Waals surface area contributed by atoms with Gasteiger partial charge in [0.2, 0.25) is 0 Å². The van der Waals surface area contributed by atoms with Crippen molar-refractivity contribution in [2.45, 2.75) is 52.1 Å². The topological polar surface area (TPSA) is 47.9 Å². The Balaban J connectivity index is 2.94. The highest BCUT2D eigenvalue weighted by atomic mass is 16.5. The first-order valence-electron chi connectivity index (χ1n) is 7.22. The summed E-state index contributed by atoms with van der Waals surface area (Å²) in [6, 6.07) is 0. The highest BCUT2D eigenvalue weighted by molar-refractivity contribution is 4.51. The summed E-state index contributed by atoms with van der Waals surface area (Å²) in [7, 11) is 0. The minimum absolute atomic E-state index is 0.176. The lowest BCUT2D eigenvalue weighted by Crippen LogP contribution is -2.11. The van der Waals surface area contributed by atoms with Gasteiger partial charge in [-0.15, -0.1) is 0 Å². The van der Waals surface area contributed by atoms with Crippen LogP contribution in [0.15, 0.2) is 0 Å². The molecule has 0 radical (unpaired) electrons. The van der Waals surface area contributed by atoms with Crippen LogP contribution in [0.3, 0.4) is 0 Å². The summed E-state index contributed by atoms with van der Waals surface area (Å²) in [5.41, 5.74) is 0. The molecule has 0 aromatic carbocycles. The van der Waals surface area contributed by atoms with Gasteiger partial charge in [0.1, 0.15) is 0 Å². The molecule has 110 valence electrons. The molecule has 0 bridgehead atoms. The fourth-order valence-electron chi connectivity index (χ4n) is 1.41. The second kappa shape index (κ2) is 14.9. The number of hydrogen-bond donors (Lipinski definition) is 1. The second-order valence-electron chi connectivity index (χ2n) is 4.39. The molecule has 0 aliphatic carbocycles. The Morgan fingerprint density at radius 1 is 0.778 bits per heavy atom. The lowest BCUT2D eigenvalue weighted by Gasteiger charge is -2.08. The van der Waals surface area contributed by atoms with Crippen LogP contribution in [-0.4, -0.2) is 50.9 Å². The third kappa shape index (κ3) is 13.9. The van der Waals surface area contributed by atoms with E-state index in [1.54, 1.807) is 0 Å². The van der Waals surface area contributed by atoms with E-state index >= 15 is 0 Å². The number of hydrogen-bond acceptors (Lipinski definition) is 4. The van der Waals surface area contributed by atoms with E-state index in [-0.39, 0.29) is 6.10 Å². The van der Waals surface area contributed by atoms with Crippen molar-refractivity contribution < 1.29 is 19.3 Å². The zero-order chi connectivity index (χ0) is 13.5. The fourth-order valence-corrected chi connectivity index (χ4v) is 1.41. The minimum Gasteiger partial charge on any atom is -0.393 e. The Bertz CT molecular complexity index is 153. The smallest absolute Gasteiger partial charge is 0.0701 e. The van der Waals surface area contributed by atoms with Crippen molar-refractivity contribution in [3.63, 3.8) is 0 Å². The predicted molar refractivity (Wildman–Crippen MR) is 72.9 cm³/mol. The Labute approximate surface area is 112 Å². The number of aliphatic hydroxyl groups excluding tert-OH is 1. The van der Waals surface area contributed by atoms with Crippen molar-refractivity contribution in [1.29, 1.82) is 0 Å². The van der Waals surface area contributed by atoms with E-state index in [0.717, 1.165) is 32.3 Å². The van der Waals surface area contributed by atoms with Gasteiger partial charge < -0.3 is 19.3 Å². The highest BCUT2D eigenvalue weighted by Gasteiger charge is 1.99. The molecule has 0 spiro atoms. The monoisotopic (exact) mass is 262 g/mol. The SMILES string of the molecule is CCCCOCCOCCOCCCC(O)CC. The maximum atomic E-state index is 9.33. The van der Waals surface area contributed by atoms with Crippen molar-refractivity contribution in [1.82, 2.24) is 0 Å². The lowest BCUT2D eigenvalue weighted by atomic mass is 10.2. The van der Waals surface area contributed by atoms with Crippen LogP contribution in [0.1, 0.15) is 46.0 Å². The van der Waals surface area contributed by atoms with Crippen LogP contribution in [0.5, 0.6) is 0 Å². The molecule has 0 aliphatic rings. The molecule has 1 unspecified atom stereocenters. The molecule has 4 heteroatoms. The Morgan fingerprint density at radius 2 is 1.28 bits per heavy atom. The maximum Gasteiger partial charge on any atom is 0.0701 e. The van der Waals surface area contributed by atoms with E-state index in [2.05, 4.69) is 6.92 Å². The normalized spacial score (nSPS) is 12.8. The van der Waals surface area contributed by atoms with E-state index < -0.39 is 0 Å². The third-order valence-corrected chi connectivity index (χ3v) is 2.68. The minimum atomic E-state index is -0.176. The lowest BCUT2D eigenvalue weighted by molar-refractivity contribution is 0.0119. The zero-order valence-electron chi connectivity index (χ0n) is 12.0. The van der Waals surface area contributed by atoms with Gasteiger partial charge in [-0.3, -0.25) is 0 Å². The van der Waals surface area contributed by atoms with E-state index in [4.69, 9.17) is 14.2 Å². The Morgan fingerprint density at radius 3 is 1.78 bits per heavy atom. The molecule has 0 saturated carbocycles. The van der Waals surface area contributed by atoms with Gasteiger partial charge in [0.05, 0.1) is 32.5 Å². The molecule has 0 rings (SSSR count). The largest absolute Gasteiger partial charge is 0.393 e. The van der Waals surface area contributed by atoms with Crippen molar-refractivity contribution >= 4 is 0 Å². The van der Waals surface area contributed by atoms with E-state index in [9.17, 15) is 5.11 Å². The van der Waals surface area contributed by atoms with Gasteiger partial charge in [-0.1, -0.05) is 20.3 Å². The predicted octanol–water partition coefficient (Wildman–Crippen LogP) is 2.39. The zero-order valence-corrected chi connectivity index (χ0v) is 12.0. The summed E-state index contributed by atoms with van der Waals surface area (Å²) in [6.07, 6.45) is 4.66. The molecular weight excluding hydrogens is 232 g/mol. The van der Waals surface area contributed by atoms with E-state index in [0.29, 0.717) is 33.0 Å². The van der Waals surface area contributed by atoms with Crippen LogP contribution in [0.25, 0.3) is 0 Å². The van der Waals surface area contributed by atoms with Gasteiger partial charge in [-0.2, -0.15) is 0 Å². The summed E-state index contributed by atoms with van der Waals surface area (Å²) in [5, 5.41) is 9.33. The van der Waals surface area contributed by atoms with Crippen molar-refractivity contribution in [3.8, 4) is 0 Å². The van der Waals surface area contributed by atoms with Crippen LogP contribution >= 0.6 is 0 Å². The summed E-state index contributed by atoms with van der Waals surface area (Å²) in [4.78, 5) is 0. The molecule has 0 aromatic heterocycles. The van der Waals surface area contributed by atoms with Gasteiger partial charge in [0, 0.05) is 13.2 Å². The average Bonchev–Trinajstić information content (AvgIpc) is 2.39. The van der Waals surface area contributed by atoms with E-state index in [1.165, 1.54) is 6.42 Å². The second-order valence-corrected chi connectivity index (χ2v) is 4.39. The molecule has 1 atom stereocenters. The van der Waals surface area contributed by atoms with Crippen LogP contribution in [-0.2, 0) is 14.2 Å². The van der Waals surface area contributed by atoms with Gasteiger partial charge in [0.25, 0.3) is 0 Å². The van der Waals surface area contributed by atoms with Crippen LogP contribution in [0, 0.1) is 0 Å². The molecule has 0 amide bonds. The van der Waals surface area contributed by atoms with Gasteiger partial charge >= 0.3 is 0 Å². The first-order chi connectivity index (χ1) is 8.81. The Hall–Kier alpha value is -0.160. The van der Waals surface area contributed by atoms with Crippen molar-refractivity contribution in [3.05, 3.63) is 0 Å². The number of ether oxygens (including phenoxy) is 3. The quantitative estimate of drug-likeness (QED) is 0.488. The maximum absolute atomic E-state index is 9.33. The third-order valence-electron chi connectivity index (χ3n) is 2.68. The highest BCUT2D eigenvalue weighted by Crippen LogP contribution is 2.00. The fraction of sp³-hybridized carbons (Fsp3) is 1.00. The molecule has 0 heterocycles. The standard InChI is InChI=1S/C14H30O4/c1-3-5-8-16-10-12-18-13-11-17-9-6-7-14(15)4-2/h14-15H,3-13H2,1-2H3. The first kappa shape index (κ1) is 17.8. The molecule has 0 fully saturated rings. The van der Waals surface area contributed by atoms with E-state index in [1.807, 2.05) is 6.92 Å². The summed E-state index contributed by atoms with van der Waals surface area (Å²) in [5.74, 6) is 0. The number of rotatable bonds is 14. The average molecular weight is 262 g/mol. The molecule has 0 saturated heterocycles. The molecule has 0 aromatic rings. The molecule has 4 nitrogen and oxygen atoms in total.